The first kappa shape index (κ1) is 11.3. The minimum Gasteiger partial charge on any atom is -0.269 e. The molecule has 1 heterocycles. The van der Waals surface area contributed by atoms with Crippen LogP contribution in [0, 0.1) is 0 Å². The molecule has 14 heavy (non-hydrogen) atoms. The van der Waals surface area contributed by atoms with Crippen LogP contribution in [-0.4, -0.2) is 9.78 Å². The van der Waals surface area contributed by atoms with Crippen LogP contribution in [0.2, 0.25) is 0 Å². The van der Waals surface area contributed by atoms with Gasteiger partial charge >= 0.3 is 0 Å². The van der Waals surface area contributed by atoms with E-state index in [0.29, 0.717) is 5.92 Å². The van der Waals surface area contributed by atoms with Crippen LogP contribution in [0.3, 0.4) is 0 Å². The van der Waals surface area contributed by atoms with Gasteiger partial charge in [0.15, 0.2) is 0 Å². The van der Waals surface area contributed by atoms with Gasteiger partial charge in [-0.1, -0.05) is 34.6 Å². The molecular weight excluding hydrogens is 172 g/mol. The third-order valence-corrected chi connectivity index (χ3v) is 2.46. The van der Waals surface area contributed by atoms with Crippen LogP contribution >= 0.6 is 0 Å². The second kappa shape index (κ2) is 3.76. The molecule has 1 rings (SSSR count). The summed E-state index contributed by atoms with van der Waals surface area (Å²) in [4.78, 5) is 0. The minimum absolute atomic E-state index is 0.191. The SMILES string of the molecule is CCn1nc(C(C)C)cc1C(C)(C)C. The second-order valence-electron chi connectivity index (χ2n) is 5.17. The van der Waals surface area contributed by atoms with E-state index in [9.17, 15) is 0 Å². The van der Waals surface area contributed by atoms with Gasteiger partial charge in [-0.25, -0.2) is 0 Å². The molecule has 0 spiro atoms. The van der Waals surface area contributed by atoms with E-state index in [4.69, 9.17) is 0 Å². The third kappa shape index (κ3) is 2.17. The Bertz CT molecular complexity index is 303. The Kier molecular flexibility index (Phi) is 3.03. The van der Waals surface area contributed by atoms with Gasteiger partial charge in [0.05, 0.1) is 5.69 Å². The van der Waals surface area contributed by atoms with Crippen molar-refractivity contribution in [2.45, 2.75) is 59.4 Å². The first-order valence-corrected chi connectivity index (χ1v) is 5.44. The molecule has 0 saturated heterocycles. The summed E-state index contributed by atoms with van der Waals surface area (Å²) in [6, 6.07) is 2.24. The zero-order chi connectivity index (χ0) is 10.9. The molecule has 0 aliphatic heterocycles. The maximum Gasteiger partial charge on any atom is 0.0653 e. The molecule has 0 fully saturated rings. The van der Waals surface area contributed by atoms with Crippen molar-refractivity contribution in [1.29, 1.82) is 0 Å². The molecule has 0 aromatic carbocycles. The van der Waals surface area contributed by atoms with Crippen LogP contribution in [0.4, 0.5) is 0 Å². The molecule has 1 aromatic rings. The highest BCUT2D eigenvalue weighted by Crippen LogP contribution is 2.25. The number of aromatic nitrogens is 2. The van der Waals surface area contributed by atoms with Crippen LogP contribution in [0.15, 0.2) is 6.07 Å². The molecule has 0 radical (unpaired) electrons. The van der Waals surface area contributed by atoms with Crippen molar-refractivity contribution < 1.29 is 0 Å². The van der Waals surface area contributed by atoms with E-state index in [1.165, 1.54) is 11.4 Å². The summed E-state index contributed by atoms with van der Waals surface area (Å²) in [5.41, 5.74) is 2.73. The summed E-state index contributed by atoms with van der Waals surface area (Å²) in [5.74, 6) is 0.517. The van der Waals surface area contributed by atoms with E-state index in [-0.39, 0.29) is 5.41 Å². The fourth-order valence-corrected chi connectivity index (χ4v) is 1.56. The number of rotatable bonds is 2. The maximum absolute atomic E-state index is 4.61. The zero-order valence-electron chi connectivity index (χ0n) is 10.3. The van der Waals surface area contributed by atoms with Crippen molar-refractivity contribution in [3.8, 4) is 0 Å². The van der Waals surface area contributed by atoms with Gasteiger partial charge in [0.25, 0.3) is 0 Å². The van der Waals surface area contributed by atoms with E-state index in [1.54, 1.807) is 0 Å². The van der Waals surface area contributed by atoms with Gasteiger partial charge in [0, 0.05) is 17.7 Å². The van der Waals surface area contributed by atoms with E-state index in [1.807, 2.05) is 0 Å². The summed E-state index contributed by atoms with van der Waals surface area (Å²) in [6.07, 6.45) is 0. The Morgan fingerprint density at radius 2 is 1.93 bits per heavy atom. The zero-order valence-corrected chi connectivity index (χ0v) is 10.3. The molecule has 0 bridgehead atoms. The van der Waals surface area contributed by atoms with Crippen LogP contribution < -0.4 is 0 Å². The predicted molar refractivity (Wildman–Crippen MR) is 60.7 cm³/mol. The molecule has 0 aliphatic carbocycles. The Morgan fingerprint density at radius 1 is 1.36 bits per heavy atom. The standard InChI is InChI=1S/C12H22N2/c1-7-14-11(12(4,5)6)8-10(13-14)9(2)3/h8-9H,7H2,1-6H3. The van der Waals surface area contributed by atoms with Gasteiger partial charge in [-0.3, -0.25) is 4.68 Å². The molecule has 2 nitrogen and oxygen atoms in total. The molecular formula is C12H22N2. The first-order valence-electron chi connectivity index (χ1n) is 5.44. The predicted octanol–water partition coefficient (Wildman–Crippen LogP) is 3.32. The molecule has 0 amide bonds. The topological polar surface area (TPSA) is 17.8 Å². The normalized spacial score (nSPS) is 12.5. The number of nitrogens with zero attached hydrogens (tertiary/aromatic N) is 2. The Labute approximate surface area is 87.3 Å². The summed E-state index contributed by atoms with van der Waals surface area (Å²) < 4.78 is 2.12. The smallest absolute Gasteiger partial charge is 0.0653 e. The fraction of sp³-hybridized carbons (Fsp3) is 0.750. The van der Waals surface area contributed by atoms with E-state index < -0.39 is 0 Å². The highest BCUT2D eigenvalue weighted by atomic mass is 15.3. The lowest BCUT2D eigenvalue weighted by Crippen LogP contribution is -2.17. The average Bonchev–Trinajstić information content (AvgIpc) is 2.46. The van der Waals surface area contributed by atoms with E-state index >= 15 is 0 Å². The van der Waals surface area contributed by atoms with Crippen molar-refractivity contribution in [1.82, 2.24) is 9.78 Å². The third-order valence-electron chi connectivity index (χ3n) is 2.46. The number of aryl methyl sites for hydroxylation is 1. The molecule has 0 atom stereocenters. The number of hydrogen-bond acceptors (Lipinski definition) is 1. The van der Waals surface area contributed by atoms with Crippen LogP contribution in [0.1, 0.15) is 58.8 Å². The van der Waals surface area contributed by atoms with Gasteiger partial charge < -0.3 is 0 Å². The summed E-state index contributed by atoms with van der Waals surface area (Å²) >= 11 is 0. The molecule has 0 saturated carbocycles. The van der Waals surface area contributed by atoms with Crippen molar-refractivity contribution in [3.63, 3.8) is 0 Å². The summed E-state index contributed by atoms with van der Waals surface area (Å²) in [6.45, 7) is 14.2. The lowest BCUT2D eigenvalue weighted by Gasteiger charge is -2.19. The maximum atomic E-state index is 4.61. The van der Waals surface area contributed by atoms with Crippen molar-refractivity contribution in [2.75, 3.05) is 0 Å². The highest BCUT2D eigenvalue weighted by Gasteiger charge is 2.20. The fourth-order valence-electron chi connectivity index (χ4n) is 1.56. The van der Waals surface area contributed by atoms with Gasteiger partial charge in [-0.2, -0.15) is 5.10 Å². The second-order valence-corrected chi connectivity index (χ2v) is 5.17. The van der Waals surface area contributed by atoms with Crippen LogP contribution in [0.25, 0.3) is 0 Å². The minimum atomic E-state index is 0.191. The monoisotopic (exact) mass is 194 g/mol. The molecule has 2 heteroatoms. The largest absolute Gasteiger partial charge is 0.269 e. The Morgan fingerprint density at radius 3 is 2.21 bits per heavy atom. The van der Waals surface area contributed by atoms with Gasteiger partial charge in [-0.05, 0) is 18.9 Å². The van der Waals surface area contributed by atoms with Crippen molar-refractivity contribution >= 4 is 0 Å². The molecule has 1 aromatic heterocycles. The lowest BCUT2D eigenvalue weighted by molar-refractivity contribution is 0.496. The van der Waals surface area contributed by atoms with Crippen LogP contribution in [-0.2, 0) is 12.0 Å². The van der Waals surface area contributed by atoms with E-state index in [0.717, 1.165) is 6.54 Å². The van der Waals surface area contributed by atoms with Gasteiger partial charge in [0.2, 0.25) is 0 Å². The van der Waals surface area contributed by atoms with E-state index in [2.05, 4.69) is 57.4 Å². The molecule has 0 aliphatic rings. The van der Waals surface area contributed by atoms with Gasteiger partial charge in [-0.15, -0.1) is 0 Å². The van der Waals surface area contributed by atoms with Crippen molar-refractivity contribution in [2.24, 2.45) is 0 Å². The first-order chi connectivity index (χ1) is 6.36. The Hall–Kier alpha value is -0.790. The van der Waals surface area contributed by atoms with Crippen molar-refractivity contribution in [3.05, 3.63) is 17.5 Å². The summed E-state index contributed by atoms with van der Waals surface area (Å²) in [7, 11) is 0. The quantitative estimate of drug-likeness (QED) is 0.706. The number of hydrogen-bond donors (Lipinski definition) is 0. The Balaban J connectivity index is 3.16. The van der Waals surface area contributed by atoms with Gasteiger partial charge in [0.1, 0.15) is 0 Å². The van der Waals surface area contributed by atoms with Crippen LogP contribution in [0.5, 0.6) is 0 Å². The highest BCUT2D eigenvalue weighted by molar-refractivity contribution is 5.19. The summed E-state index contributed by atoms with van der Waals surface area (Å²) in [5, 5.41) is 4.61. The molecule has 80 valence electrons. The lowest BCUT2D eigenvalue weighted by atomic mass is 9.91. The molecule has 0 unspecified atom stereocenters. The average molecular weight is 194 g/mol. The molecule has 0 N–H and O–H groups in total.